The summed E-state index contributed by atoms with van der Waals surface area (Å²) in [7, 11) is 0. The first-order valence-corrected chi connectivity index (χ1v) is 9.35. The van der Waals surface area contributed by atoms with Crippen LogP contribution >= 0.6 is 11.8 Å². The second-order valence-corrected chi connectivity index (χ2v) is 7.22. The van der Waals surface area contributed by atoms with E-state index in [1.807, 2.05) is 30.3 Å². The third-order valence-electron chi connectivity index (χ3n) is 4.40. The number of rotatable bonds is 5. The average molecular weight is 355 g/mol. The summed E-state index contributed by atoms with van der Waals surface area (Å²) >= 11 is 1.27. The van der Waals surface area contributed by atoms with Crippen LogP contribution < -0.4 is 11.2 Å². The molecule has 1 aliphatic carbocycles. The van der Waals surface area contributed by atoms with E-state index in [-0.39, 0.29) is 11.7 Å². The van der Waals surface area contributed by atoms with Gasteiger partial charge in [-0.1, -0.05) is 61.4 Å². The van der Waals surface area contributed by atoms with Gasteiger partial charge in [0, 0.05) is 5.56 Å². The molecule has 3 N–H and O–H groups in total. The van der Waals surface area contributed by atoms with Crippen LogP contribution in [0, 0.1) is 11.3 Å². The second kappa shape index (κ2) is 7.62. The van der Waals surface area contributed by atoms with Crippen LogP contribution in [0.4, 0.5) is 0 Å². The Morgan fingerprint density at radius 3 is 2.72 bits per heavy atom. The van der Waals surface area contributed by atoms with Gasteiger partial charge in [-0.25, -0.2) is 9.66 Å². The molecule has 1 aromatic heterocycles. The van der Waals surface area contributed by atoms with Crippen molar-refractivity contribution in [3.05, 3.63) is 36.5 Å². The Bertz CT molecular complexity index is 775. The maximum atomic E-state index is 12.3. The fourth-order valence-corrected chi connectivity index (χ4v) is 3.78. The predicted octanol–water partition coefficient (Wildman–Crippen LogP) is 2.70. The topological polar surface area (TPSA) is 96.7 Å². The summed E-state index contributed by atoms with van der Waals surface area (Å²) in [5, 5.41) is 12.9. The summed E-state index contributed by atoms with van der Waals surface area (Å²) in [4.78, 5) is 16.8. The Hall–Kier alpha value is -2.46. The molecule has 130 valence electrons. The van der Waals surface area contributed by atoms with Crippen LogP contribution in [-0.2, 0) is 4.79 Å². The molecule has 2 aromatic rings. The van der Waals surface area contributed by atoms with Gasteiger partial charge in [-0.15, -0.1) is 0 Å². The highest BCUT2D eigenvalue weighted by Gasteiger charge is 2.33. The van der Waals surface area contributed by atoms with Crippen molar-refractivity contribution in [2.24, 2.45) is 0 Å². The van der Waals surface area contributed by atoms with Gasteiger partial charge in [0.05, 0.1) is 23.7 Å². The SMILES string of the molecule is N#CC1(NC(=O)CSc2nc(-c3ccccc3)cn2N)CCCCC1. The summed E-state index contributed by atoms with van der Waals surface area (Å²) in [5.74, 6) is 5.98. The number of amides is 1. The zero-order valence-corrected chi connectivity index (χ0v) is 14.8. The van der Waals surface area contributed by atoms with Crippen LogP contribution in [0.15, 0.2) is 41.7 Å². The number of nitrogens with zero attached hydrogens (tertiary/aromatic N) is 3. The molecule has 0 unspecified atom stereocenters. The first kappa shape index (κ1) is 17.4. The Kier molecular flexibility index (Phi) is 5.29. The van der Waals surface area contributed by atoms with Gasteiger partial charge in [0.15, 0.2) is 5.16 Å². The lowest BCUT2D eigenvalue weighted by Crippen LogP contribution is -2.49. The van der Waals surface area contributed by atoms with Crippen molar-refractivity contribution in [1.29, 1.82) is 5.26 Å². The Balaban J connectivity index is 1.61. The Morgan fingerprint density at radius 1 is 1.32 bits per heavy atom. The molecule has 1 saturated carbocycles. The molecule has 25 heavy (non-hydrogen) atoms. The third-order valence-corrected chi connectivity index (χ3v) is 5.37. The second-order valence-electron chi connectivity index (χ2n) is 6.27. The number of carbonyl (C=O) groups is 1. The van der Waals surface area contributed by atoms with Crippen molar-refractivity contribution >= 4 is 17.7 Å². The average Bonchev–Trinajstić information content (AvgIpc) is 3.02. The van der Waals surface area contributed by atoms with Gasteiger partial charge in [-0.05, 0) is 12.8 Å². The number of nitrogens with two attached hydrogens (primary N) is 1. The number of nitrogens with one attached hydrogen (secondary N) is 1. The Labute approximate surface area is 151 Å². The predicted molar refractivity (Wildman–Crippen MR) is 98.1 cm³/mol. The van der Waals surface area contributed by atoms with Gasteiger partial charge in [0.2, 0.25) is 5.91 Å². The lowest BCUT2D eigenvalue weighted by atomic mass is 9.83. The fourth-order valence-electron chi connectivity index (χ4n) is 3.08. The molecular weight excluding hydrogens is 334 g/mol. The van der Waals surface area contributed by atoms with Crippen molar-refractivity contribution in [1.82, 2.24) is 15.0 Å². The molecule has 1 fully saturated rings. The molecule has 0 spiro atoms. The molecule has 0 radical (unpaired) electrons. The molecule has 6 nitrogen and oxygen atoms in total. The van der Waals surface area contributed by atoms with Gasteiger partial charge < -0.3 is 11.2 Å². The number of thioether (sulfide) groups is 1. The molecule has 0 aliphatic heterocycles. The molecule has 1 aliphatic rings. The largest absolute Gasteiger partial charge is 0.337 e. The Morgan fingerprint density at radius 2 is 2.04 bits per heavy atom. The van der Waals surface area contributed by atoms with E-state index in [2.05, 4.69) is 16.4 Å². The third kappa shape index (κ3) is 4.15. The number of nitrogen functional groups attached to an aromatic ring is 1. The number of aromatic nitrogens is 2. The summed E-state index contributed by atoms with van der Waals surface area (Å²) < 4.78 is 1.43. The van der Waals surface area contributed by atoms with Crippen LogP contribution in [0.25, 0.3) is 11.3 Å². The summed E-state index contributed by atoms with van der Waals surface area (Å²) in [6.07, 6.45) is 6.28. The summed E-state index contributed by atoms with van der Waals surface area (Å²) in [6.45, 7) is 0. The van der Waals surface area contributed by atoms with Gasteiger partial charge in [0.25, 0.3) is 0 Å². The maximum Gasteiger partial charge on any atom is 0.231 e. The van der Waals surface area contributed by atoms with Crippen LogP contribution in [0.2, 0.25) is 0 Å². The van der Waals surface area contributed by atoms with Crippen molar-refractivity contribution < 1.29 is 4.79 Å². The van der Waals surface area contributed by atoms with Crippen LogP contribution in [0.3, 0.4) is 0 Å². The molecule has 7 heteroatoms. The van der Waals surface area contributed by atoms with E-state index in [0.29, 0.717) is 5.16 Å². The molecule has 0 bridgehead atoms. The molecule has 0 saturated heterocycles. The van der Waals surface area contributed by atoms with E-state index in [1.54, 1.807) is 6.20 Å². The molecule has 1 heterocycles. The molecular formula is C18H21N5OS. The molecule has 3 rings (SSSR count). The zero-order valence-electron chi connectivity index (χ0n) is 13.9. The minimum atomic E-state index is -0.705. The fraction of sp³-hybridized carbons (Fsp3) is 0.389. The highest BCUT2D eigenvalue weighted by Crippen LogP contribution is 2.28. The van der Waals surface area contributed by atoms with E-state index < -0.39 is 5.54 Å². The van der Waals surface area contributed by atoms with E-state index in [4.69, 9.17) is 5.84 Å². The van der Waals surface area contributed by atoms with Gasteiger partial charge in [0.1, 0.15) is 5.54 Å². The van der Waals surface area contributed by atoms with Crippen molar-refractivity contribution in [2.45, 2.75) is 42.8 Å². The highest BCUT2D eigenvalue weighted by atomic mass is 32.2. The number of carbonyl (C=O) groups excluding carboxylic acids is 1. The van der Waals surface area contributed by atoms with Crippen LogP contribution in [0.5, 0.6) is 0 Å². The van der Waals surface area contributed by atoms with Crippen molar-refractivity contribution in [2.75, 3.05) is 11.6 Å². The summed E-state index contributed by atoms with van der Waals surface area (Å²) in [5.41, 5.74) is 1.04. The standard InChI is InChI=1S/C18H21N5OS/c19-13-18(9-5-2-6-10-18)22-16(24)12-25-17-21-15(11-23(17)20)14-7-3-1-4-8-14/h1,3-4,7-8,11H,2,5-6,9-10,12,20H2,(H,22,24). The van der Waals surface area contributed by atoms with Gasteiger partial charge >= 0.3 is 0 Å². The van der Waals surface area contributed by atoms with E-state index >= 15 is 0 Å². The first-order chi connectivity index (χ1) is 12.1. The summed E-state index contributed by atoms with van der Waals surface area (Å²) in [6, 6.07) is 12.0. The van der Waals surface area contributed by atoms with Crippen molar-refractivity contribution in [3.8, 4) is 17.3 Å². The minimum Gasteiger partial charge on any atom is -0.337 e. The highest BCUT2D eigenvalue weighted by molar-refractivity contribution is 7.99. The van der Waals surface area contributed by atoms with Crippen LogP contribution in [-0.4, -0.2) is 26.9 Å². The normalized spacial score (nSPS) is 16.1. The molecule has 1 amide bonds. The lowest BCUT2D eigenvalue weighted by molar-refractivity contribution is -0.120. The number of imidazole rings is 1. The number of hydrogen-bond acceptors (Lipinski definition) is 5. The van der Waals surface area contributed by atoms with Gasteiger partial charge in [-0.3, -0.25) is 4.79 Å². The van der Waals surface area contributed by atoms with Crippen LogP contribution in [0.1, 0.15) is 32.1 Å². The zero-order chi connectivity index (χ0) is 17.7. The number of nitriles is 1. The molecule has 0 atom stereocenters. The van der Waals surface area contributed by atoms with E-state index in [9.17, 15) is 10.1 Å². The smallest absolute Gasteiger partial charge is 0.231 e. The number of hydrogen-bond donors (Lipinski definition) is 2. The quantitative estimate of drug-likeness (QED) is 0.635. The van der Waals surface area contributed by atoms with Crippen molar-refractivity contribution in [3.63, 3.8) is 0 Å². The van der Waals surface area contributed by atoms with E-state index in [1.165, 1.54) is 16.4 Å². The molecule has 1 aromatic carbocycles. The van der Waals surface area contributed by atoms with Gasteiger partial charge in [-0.2, -0.15) is 5.26 Å². The minimum absolute atomic E-state index is 0.155. The monoisotopic (exact) mass is 355 g/mol. The first-order valence-electron chi connectivity index (χ1n) is 8.37. The maximum absolute atomic E-state index is 12.3. The lowest BCUT2D eigenvalue weighted by Gasteiger charge is -2.31. The number of benzene rings is 1. The van der Waals surface area contributed by atoms with E-state index in [0.717, 1.165) is 43.4 Å².